The number of rotatable bonds is 4. The number of amides is 1. The molecule has 0 aliphatic heterocycles. The molecule has 0 aliphatic carbocycles. The number of aryl methyl sites for hydroxylation is 1. The van der Waals surface area contributed by atoms with Gasteiger partial charge in [-0.05, 0) is 25.8 Å². The summed E-state index contributed by atoms with van der Waals surface area (Å²) in [5, 5.41) is 2.91. The van der Waals surface area contributed by atoms with Crippen molar-refractivity contribution in [1.82, 2.24) is 5.32 Å². The van der Waals surface area contributed by atoms with Gasteiger partial charge in [-0.15, -0.1) is 0 Å². The lowest BCUT2D eigenvalue weighted by molar-refractivity contribution is -0.123. The van der Waals surface area contributed by atoms with Crippen LogP contribution in [0.2, 0.25) is 0 Å². The molecule has 1 rings (SSSR count). The minimum atomic E-state index is -0.410. The van der Waals surface area contributed by atoms with Crippen LogP contribution in [-0.2, 0) is 4.79 Å². The molecule has 0 aliphatic rings. The quantitative estimate of drug-likeness (QED) is 0.814. The molecule has 16 heavy (non-hydrogen) atoms. The van der Waals surface area contributed by atoms with Crippen molar-refractivity contribution in [2.45, 2.75) is 39.3 Å². The van der Waals surface area contributed by atoms with Crippen LogP contribution in [0, 0.1) is 6.92 Å². The Kier molecular flexibility index (Phi) is 4.50. The first kappa shape index (κ1) is 12.7. The Hall–Kier alpha value is -1.35. The molecule has 0 heterocycles. The molecule has 0 bridgehead atoms. The predicted octanol–water partition coefficient (Wildman–Crippen LogP) is 1.91. The van der Waals surface area contributed by atoms with E-state index in [0.717, 1.165) is 5.56 Å². The van der Waals surface area contributed by atoms with Crippen LogP contribution < -0.4 is 11.1 Å². The van der Waals surface area contributed by atoms with Crippen LogP contribution in [0.5, 0.6) is 0 Å². The number of nitrogens with two attached hydrogens (primary N) is 1. The Bertz CT molecular complexity index is 363. The van der Waals surface area contributed by atoms with Gasteiger partial charge in [-0.1, -0.05) is 36.8 Å². The van der Waals surface area contributed by atoms with Gasteiger partial charge in [0, 0.05) is 0 Å². The maximum atomic E-state index is 11.6. The van der Waals surface area contributed by atoms with E-state index in [1.807, 2.05) is 39.0 Å². The van der Waals surface area contributed by atoms with Crippen LogP contribution in [-0.4, -0.2) is 11.9 Å². The minimum Gasteiger partial charge on any atom is -0.348 e. The highest BCUT2D eigenvalue weighted by atomic mass is 16.2. The molecule has 0 fully saturated rings. The molecule has 1 aromatic carbocycles. The molecular weight excluding hydrogens is 200 g/mol. The van der Waals surface area contributed by atoms with E-state index < -0.39 is 6.04 Å². The molecule has 2 atom stereocenters. The second-order valence-corrected chi connectivity index (χ2v) is 4.16. The average molecular weight is 220 g/mol. The number of hydrogen-bond donors (Lipinski definition) is 2. The molecule has 0 saturated heterocycles. The maximum Gasteiger partial charge on any atom is 0.237 e. The number of carbonyl (C=O) groups excluding carboxylic acids is 1. The molecule has 0 saturated carbocycles. The second kappa shape index (κ2) is 5.66. The first-order chi connectivity index (χ1) is 7.54. The highest BCUT2D eigenvalue weighted by Gasteiger charge is 2.14. The molecule has 3 heteroatoms. The fourth-order valence-electron chi connectivity index (χ4n) is 1.53. The van der Waals surface area contributed by atoms with Gasteiger partial charge in [0.05, 0.1) is 12.1 Å². The van der Waals surface area contributed by atoms with E-state index in [2.05, 4.69) is 11.4 Å². The Labute approximate surface area is 97.0 Å². The van der Waals surface area contributed by atoms with Crippen molar-refractivity contribution < 1.29 is 4.79 Å². The zero-order valence-corrected chi connectivity index (χ0v) is 10.2. The maximum absolute atomic E-state index is 11.6. The first-order valence-corrected chi connectivity index (χ1v) is 5.67. The monoisotopic (exact) mass is 220 g/mol. The third-order valence-electron chi connectivity index (χ3n) is 2.68. The van der Waals surface area contributed by atoms with Gasteiger partial charge in [0.25, 0.3) is 0 Å². The van der Waals surface area contributed by atoms with Gasteiger partial charge in [-0.25, -0.2) is 0 Å². The highest BCUT2D eigenvalue weighted by Crippen LogP contribution is 2.13. The lowest BCUT2D eigenvalue weighted by Crippen LogP contribution is -2.41. The number of nitrogens with one attached hydrogen (secondary N) is 1. The van der Waals surface area contributed by atoms with Crippen LogP contribution in [0.25, 0.3) is 0 Å². The van der Waals surface area contributed by atoms with E-state index in [-0.39, 0.29) is 11.9 Å². The van der Waals surface area contributed by atoms with Gasteiger partial charge in [-0.3, -0.25) is 4.79 Å². The van der Waals surface area contributed by atoms with Crippen LogP contribution in [0.4, 0.5) is 0 Å². The van der Waals surface area contributed by atoms with Crippen LogP contribution in [0.3, 0.4) is 0 Å². The Balaban J connectivity index is 2.65. The number of hydrogen-bond acceptors (Lipinski definition) is 2. The van der Waals surface area contributed by atoms with E-state index in [4.69, 9.17) is 5.73 Å². The molecule has 1 amide bonds. The third-order valence-corrected chi connectivity index (χ3v) is 2.68. The van der Waals surface area contributed by atoms with Gasteiger partial charge < -0.3 is 11.1 Å². The van der Waals surface area contributed by atoms with Crippen molar-refractivity contribution in [2.24, 2.45) is 5.73 Å². The molecule has 88 valence electrons. The zero-order chi connectivity index (χ0) is 12.1. The SMILES string of the molecule is CC[C@@H](N)C(=O)N[C@@H](C)c1cccc(C)c1. The van der Waals surface area contributed by atoms with Crippen molar-refractivity contribution in [2.75, 3.05) is 0 Å². The average Bonchev–Trinajstić information content (AvgIpc) is 2.27. The van der Waals surface area contributed by atoms with E-state index in [1.165, 1.54) is 5.56 Å². The highest BCUT2D eigenvalue weighted by molar-refractivity contribution is 5.81. The summed E-state index contributed by atoms with van der Waals surface area (Å²) in [5.41, 5.74) is 7.96. The fourth-order valence-corrected chi connectivity index (χ4v) is 1.53. The van der Waals surface area contributed by atoms with Gasteiger partial charge in [-0.2, -0.15) is 0 Å². The molecular formula is C13H20N2O. The summed E-state index contributed by atoms with van der Waals surface area (Å²) in [4.78, 5) is 11.6. The third kappa shape index (κ3) is 3.35. The molecule has 0 unspecified atom stereocenters. The molecule has 3 nitrogen and oxygen atoms in total. The van der Waals surface area contributed by atoms with Crippen molar-refractivity contribution >= 4 is 5.91 Å². The van der Waals surface area contributed by atoms with Crippen molar-refractivity contribution in [3.63, 3.8) is 0 Å². The second-order valence-electron chi connectivity index (χ2n) is 4.16. The summed E-state index contributed by atoms with van der Waals surface area (Å²) < 4.78 is 0. The van der Waals surface area contributed by atoms with Crippen molar-refractivity contribution in [3.8, 4) is 0 Å². The molecule has 1 aromatic rings. The topological polar surface area (TPSA) is 55.1 Å². The predicted molar refractivity (Wildman–Crippen MR) is 66.0 cm³/mol. The van der Waals surface area contributed by atoms with Crippen LogP contribution in [0.15, 0.2) is 24.3 Å². The van der Waals surface area contributed by atoms with Gasteiger partial charge in [0.15, 0.2) is 0 Å². The Morgan fingerprint density at radius 1 is 1.50 bits per heavy atom. The fraction of sp³-hybridized carbons (Fsp3) is 0.462. The lowest BCUT2D eigenvalue weighted by atomic mass is 10.1. The summed E-state index contributed by atoms with van der Waals surface area (Å²) >= 11 is 0. The lowest BCUT2D eigenvalue weighted by Gasteiger charge is -2.17. The van der Waals surface area contributed by atoms with Gasteiger partial charge >= 0.3 is 0 Å². The van der Waals surface area contributed by atoms with Crippen LogP contribution >= 0.6 is 0 Å². The van der Waals surface area contributed by atoms with E-state index in [0.29, 0.717) is 6.42 Å². The summed E-state index contributed by atoms with van der Waals surface area (Å²) in [5.74, 6) is -0.0866. The molecule has 0 spiro atoms. The minimum absolute atomic E-state index is 0.00463. The zero-order valence-electron chi connectivity index (χ0n) is 10.2. The van der Waals surface area contributed by atoms with E-state index in [1.54, 1.807) is 0 Å². The van der Waals surface area contributed by atoms with E-state index >= 15 is 0 Å². The Morgan fingerprint density at radius 2 is 2.19 bits per heavy atom. The molecule has 3 N–H and O–H groups in total. The number of carbonyl (C=O) groups is 1. The normalized spacial score (nSPS) is 14.2. The molecule has 0 radical (unpaired) electrons. The summed E-state index contributed by atoms with van der Waals surface area (Å²) in [6.07, 6.45) is 0.659. The summed E-state index contributed by atoms with van der Waals surface area (Å²) in [6.45, 7) is 5.91. The van der Waals surface area contributed by atoms with Gasteiger partial charge in [0.1, 0.15) is 0 Å². The van der Waals surface area contributed by atoms with E-state index in [9.17, 15) is 4.79 Å². The Morgan fingerprint density at radius 3 is 2.75 bits per heavy atom. The summed E-state index contributed by atoms with van der Waals surface area (Å²) in [6, 6.07) is 7.71. The summed E-state index contributed by atoms with van der Waals surface area (Å²) in [7, 11) is 0. The first-order valence-electron chi connectivity index (χ1n) is 5.67. The number of benzene rings is 1. The molecule has 0 aromatic heterocycles. The van der Waals surface area contributed by atoms with Crippen molar-refractivity contribution in [1.29, 1.82) is 0 Å². The van der Waals surface area contributed by atoms with Gasteiger partial charge in [0.2, 0.25) is 5.91 Å². The van der Waals surface area contributed by atoms with Crippen LogP contribution in [0.1, 0.15) is 37.4 Å². The smallest absolute Gasteiger partial charge is 0.237 e. The standard InChI is InChI=1S/C13H20N2O/c1-4-12(14)13(16)15-10(3)11-7-5-6-9(2)8-11/h5-8,10,12H,4,14H2,1-3H3,(H,15,16)/t10-,12+/m0/s1. The van der Waals surface area contributed by atoms with Crippen molar-refractivity contribution in [3.05, 3.63) is 35.4 Å². The largest absolute Gasteiger partial charge is 0.348 e.